The third-order valence-corrected chi connectivity index (χ3v) is 3.96. The second-order valence-corrected chi connectivity index (χ2v) is 6.79. The van der Waals surface area contributed by atoms with Crippen LogP contribution in [-0.4, -0.2) is 6.03 Å². The van der Waals surface area contributed by atoms with Gasteiger partial charge in [0.05, 0.1) is 11.4 Å². The lowest BCUT2D eigenvalue weighted by Crippen LogP contribution is -2.34. The largest absolute Gasteiger partial charge is 0.399 e. The minimum atomic E-state index is -0.213. The fourth-order valence-corrected chi connectivity index (χ4v) is 2.04. The Balaban J connectivity index is 2.33. The highest BCUT2D eigenvalue weighted by molar-refractivity contribution is 5.99. The van der Waals surface area contributed by atoms with Gasteiger partial charge >= 0.3 is 6.03 Å². The van der Waals surface area contributed by atoms with Gasteiger partial charge < -0.3 is 11.1 Å². The van der Waals surface area contributed by atoms with Gasteiger partial charge in [0, 0.05) is 11.9 Å². The van der Waals surface area contributed by atoms with Gasteiger partial charge in [-0.05, 0) is 48.7 Å². The summed E-state index contributed by atoms with van der Waals surface area (Å²) < 4.78 is 0. The second-order valence-electron chi connectivity index (χ2n) is 6.79. The van der Waals surface area contributed by atoms with Crippen molar-refractivity contribution >= 4 is 23.1 Å². The molecule has 2 amide bonds. The van der Waals surface area contributed by atoms with Crippen LogP contribution in [0.5, 0.6) is 0 Å². The molecule has 0 aliphatic rings. The van der Waals surface area contributed by atoms with E-state index in [9.17, 15) is 4.79 Å². The van der Waals surface area contributed by atoms with Crippen molar-refractivity contribution in [1.82, 2.24) is 5.32 Å². The first-order valence-electron chi connectivity index (χ1n) is 7.97. The number of nitrogens with two attached hydrogens (primary N) is 1. The van der Waals surface area contributed by atoms with Gasteiger partial charge in [-0.15, -0.1) is 0 Å². The average molecular weight is 323 g/mol. The minimum absolute atomic E-state index is 0.00601. The third kappa shape index (κ3) is 4.38. The summed E-state index contributed by atoms with van der Waals surface area (Å²) in [7, 11) is 0. The molecule has 0 aromatic heterocycles. The SMILES string of the molecule is C/C(=C\NC(=O)N(c1ccccc1)c1ccc(N)cc1)C(C)(C)C. The Morgan fingerprint density at radius 3 is 2.08 bits per heavy atom. The van der Waals surface area contributed by atoms with Crippen molar-refractivity contribution in [2.24, 2.45) is 5.41 Å². The van der Waals surface area contributed by atoms with Crippen molar-refractivity contribution in [3.05, 3.63) is 66.4 Å². The Labute approximate surface area is 144 Å². The molecule has 24 heavy (non-hydrogen) atoms. The van der Waals surface area contributed by atoms with E-state index in [1.54, 1.807) is 23.2 Å². The minimum Gasteiger partial charge on any atom is -0.399 e. The number of hydrogen-bond acceptors (Lipinski definition) is 2. The van der Waals surface area contributed by atoms with Crippen LogP contribution in [0.1, 0.15) is 27.7 Å². The molecule has 0 fully saturated rings. The summed E-state index contributed by atoms with van der Waals surface area (Å²) in [5.41, 5.74) is 9.08. The molecule has 0 saturated carbocycles. The third-order valence-electron chi connectivity index (χ3n) is 3.96. The molecule has 4 heteroatoms. The monoisotopic (exact) mass is 323 g/mol. The smallest absolute Gasteiger partial charge is 0.330 e. The van der Waals surface area contributed by atoms with Gasteiger partial charge in [-0.1, -0.05) is 44.5 Å². The van der Waals surface area contributed by atoms with E-state index in [2.05, 4.69) is 26.1 Å². The van der Waals surface area contributed by atoms with Crippen LogP contribution < -0.4 is 16.0 Å². The summed E-state index contributed by atoms with van der Waals surface area (Å²) in [6.07, 6.45) is 1.77. The molecule has 0 atom stereocenters. The number of urea groups is 1. The average Bonchev–Trinajstić information content (AvgIpc) is 2.55. The number of nitrogens with one attached hydrogen (secondary N) is 1. The Morgan fingerprint density at radius 2 is 1.54 bits per heavy atom. The van der Waals surface area contributed by atoms with E-state index >= 15 is 0 Å². The number of benzene rings is 2. The van der Waals surface area contributed by atoms with Gasteiger partial charge in [-0.2, -0.15) is 0 Å². The van der Waals surface area contributed by atoms with E-state index < -0.39 is 0 Å². The van der Waals surface area contributed by atoms with Gasteiger partial charge in [0.15, 0.2) is 0 Å². The lowest BCUT2D eigenvalue weighted by molar-refractivity contribution is 0.251. The van der Waals surface area contributed by atoms with Crippen LogP contribution in [0.2, 0.25) is 0 Å². The maximum Gasteiger partial charge on any atom is 0.330 e. The maximum absolute atomic E-state index is 12.8. The first kappa shape index (κ1) is 17.6. The van der Waals surface area contributed by atoms with Crippen LogP contribution in [0.4, 0.5) is 21.9 Å². The number of carbonyl (C=O) groups excluding carboxylic acids is 1. The van der Waals surface area contributed by atoms with E-state index in [1.165, 1.54) is 0 Å². The van der Waals surface area contributed by atoms with E-state index in [4.69, 9.17) is 5.73 Å². The van der Waals surface area contributed by atoms with Crippen LogP contribution in [0, 0.1) is 5.41 Å². The molecule has 3 N–H and O–H groups in total. The molecular weight excluding hydrogens is 298 g/mol. The number of anilines is 3. The molecule has 2 aromatic rings. The van der Waals surface area contributed by atoms with Gasteiger partial charge in [0.1, 0.15) is 0 Å². The first-order chi connectivity index (χ1) is 11.3. The highest BCUT2D eigenvalue weighted by Crippen LogP contribution is 2.27. The lowest BCUT2D eigenvalue weighted by atomic mass is 9.88. The molecule has 0 unspecified atom stereocenters. The van der Waals surface area contributed by atoms with Crippen molar-refractivity contribution in [3.63, 3.8) is 0 Å². The number of nitrogen functional groups attached to an aromatic ring is 1. The zero-order chi connectivity index (χ0) is 17.7. The highest BCUT2D eigenvalue weighted by atomic mass is 16.2. The molecule has 0 saturated heterocycles. The molecule has 4 nitrogen and oxygen atoms in total. The van der Waals surface area contributed by atoms with E-state index in [1.807, 2.05) is 49.4 Å². The number of para-hydroxylation sites is 1. The molecule has 126 valence electrons. The van der Waals surface area contributed by atoms with E-state index in [0.29, 0.717) is 5.69 Å². The number of hydrogen-bond donors (Lipinski definition) is 2. The van der Waals surface area contributed by atoms with Crippen molar-refractivity contribution in [3.8, 4) is 0 Å². The number of carbonyl (C=O) groups is 1. The molecule has 2 rings (SSSR count). The zero-order valence-electron chi connectivity index (χ0n) is 14.7. The van der Waals surface area contributed by atoms with Gasteiger partial charge in [0.2, 0.25) is 0 Å². The summed E-state index contributed by atoms with van der Waals surface area (Å²) in [6.45, 7) is 8.34. The molecule has 0 heterocycles. The molecule has 0 aliphatic heterocycles. The van der Waals surface area contributed by atoms with Crippen LogP contribution in [-0.2, 0) is 0 Å². The standard InChI is InChI=1S/C20H25N3O/c1-15(20(2,3)4)14-22-19(24)23(17-8-6-5-7-9-17)18-12-10-16(21)11-13-18/h5-14H,21H2,1-4H3,(H,22,24)/b15-14+. The highest BCUT2D eigenvalue weighted by Gasteiger charge is 2.18. The van der Waals surface area contributed by atoms with E-state index in [-0.39, 0.29) is 11.4 Å². The Kier molecular flexibility index (Phi) is 5.29. The van der Waals surface area contributed by atoms with Gasteiger partial charge in [0.25, 0.3) is 0 Å². The molecule has 0 spiro atoms. The lowest BCUT2D eigenvalue weighted by Gasteiger charge is -2.24. The van der Waals surface area contributed by atoms with Gasteiger partial charge in [-0.3, -0.25) is 4.90 Å². The van der Waals surface area contributed by atoms with Crippen molar-refractivity contribution in [2.45, 2.75) is 27.7 Å². The van der Waals surface area contributed by atoms with Crippen LogP contribution in [0.3, 0.4) is 0 Å². The summed E-state index contributed by atoms with van der Waals surface area (Å²) in [4.78, 5) is 14.4. The number of amides is 2. The molecule has 0 radical (unpaired) electrons. The summed E-state index contributed by atoms with van der Waals surface area (Å²) in [5.74, 6) is 0. The van der Waals surface area contributed by atoms with Crippen LogP contribution in [0.15, 0.2) is 66.4 Å². The molecule has 0 bridgehead atoms. The molecular formula is C20H25N3O. The number of allylic oxidation sites excluding steroid dienone is 1. The maximum atomic E-state index is 12.8. The first-order valence-corrected chi connectivity index (χ1v) is 7.97. The summed E-state index contributed by atoms with van der Waals surface area (Å²) in [6, 6.07) is 16.6. The fourth-order valence-electron chi connectivity index (χ4n) is 2.04. The Hall–Kier alpha value is -2.75. The molecule has 0 aliphatic carbocycles. The summed E-state index contributed by atoms with van der Waals surface area (Å²) >= 11 is 0. The topological polar surface area (TPSA) is 58.4 Å². The molecule has 2 aromatic carbocycles. The quantitative estimate of drug-likeness (QED) is 0.775. The number of nitrogens with zero attached hydrogens (tertiary/aromatic N) is 1. The zero-order valence-corrected chi connectivity index (χ0v) is 14.7. The predicted octanol–water partition coefficient (Wildman–Crippen LogP) is 5.07. The second kappa shape index (κ2) is 7.21. The van der Waals surface area contributed by atoms with Crippen molar-refractivity contribution in [2.75, 3.05) is 10.6 Å². The van der Waals surface area contributed by atoms with Crippen LogP contribution >= 0.6 is 0 Å². The van der Waals surface area contributed by atoms with Crippen molar-refractivity contribution < 1.29 is 4.79 Å². The normalized spacial score (nSPS) is 11.9. The number of rotatable bonds is 3. The van der Waals surface area contributed by atoms with Crippen LogP contribution in [0.25, 0.3) is 0 Å². The Bertz CT molecular complexity index is 713. The fraction of sp³-hybridized carbons (Fsp3) is 0.250. The summed E-state index contributed by atoms with van der Waals surface area (Å²) in [5, 5.41) is 2.89. The Morgan fingerprint density at radius 1 is 1.00 bits per heavy atom. The van der Waals surface area contributed by atoms with Gasteiger partial charge in [-0.25, -0.2) is 4.79 Å². The predicted molar refractivity (Wildman–Crippen MR) is 101 cm³/mol. The van der Waals surface area contributed by atoms with E-state index in [0.717, 1.165) is 16.9 Å². The van der Waals surface area contributed by atoms with Crippen molar-refractivity contribution in [1.29, 1.82) is 0 Å².